The Morgan fingerprint density at radius 2 is 1.46 bits per heavy atom. The Morgan fingerprint density at radius 3 is 1.58 bits per heavy atom. The van der Waals surface area contributed by atoms with Gasteiger partial charge in [-0.15, -0.1) is 0 Å². The Morgan fingerprint density at radius 1 is 1.00 bits per heavy atom. The molecule has 24 heavy (non-hydrogen) atoms. The van der Waals surface area contributed by atoms with Gasteiger partial charge in [0.05, 0.1) is 0 Å². The number of carboxylic acids is 1. The molecule has 2 aliphatic carbocycles. The van der Waals surface area contributed by atoms with Gasteiger partial charge in [-0.05, 0) is 62.2 Å². The van der Waals surface area contributed by atoms with E-state index < -0.39 is 5.97 Å². The van der Waals surface area contributed by atoms with Crippen LogP contribution < -0.4 is 0 Å². The molecule has 2 aliphatic rings. The molecule has 3 N–H and O–H groups in total. The molecule has 2 atom stereocenters. The van der Waals surface area contributed by atoms with Crippen molar-refractivity contribution in [3.8, 4) is 0 Å². The van der Waals surface area contributed by atoms with Crippen LogP contribution in [0.3, 0.4) is 0 Å². The Balaban J connectivity index is 0.000000334. The predicted molar refractivity (Wildman–Crippen MR) is 98.9 cm³/mol. The van der Waals surface area contributed by atoms with Crippen LogP contribution in [0.2, 0.25) is 0 Å². The molecule has 142 valence electrons. The highest BCUT2D eigenvalue weighted by Crippen LogP contribution is 2.53. The van der Waals surface area contributed by atoms with E-state index in [4.69, 9.17) is 15.3 Å². The van der Waals surface area contributed by atoms with Crippen LogP contribution in [-0.4, -0.2) is 34.5 Å². The summed E-state index contributed by atoms with van der Waals surface area (Å²) in [4.78, 5) is 10.1. The van der Waals surface area contributed by atoms with Crippen molar-refractivity contribution in [2.45, 2.75) is 73.6 Å². The van der Waals surface area contributed by atoms with Crippen molar-refractivity contribution in [1.82, 2.24) is 0 Å². The molecule has 4 nitrogen and oxygen atoms in total. The van der Waals surface area contributed by atoms with Crippen LogP contribution in [0.1, 0.15) is 73.6 Å². The average molecular weight is 343 g/mol. The predicted octanol–water partition coefficient (Wildman–Crippen LogP) is 4.26. The fourth-order valence-electron chi connectivity index (χ4n) is 2.71. The lowest BCUT2D eigenvalue weighted by Gasteiger charge is -1.97. The maximum Gasteiger partial charge on any atom is 0.303 e. The number of aliphatic hydroxyl groups excluding tert-OH is 2. The van der Waals surface area contributed by atoms with Gasteiger partial charge in [-0.2, -0.15) is 0 Å². The highest BCUT2D eigenvalue weighted by molar-refractivity contribution is 5.67. The van der Waals surface area contributed by atoms with Crippen molar-refractivity contribution in [2.75, 3.05) is 13.2 Å². The lowest BCUT2D eigenvalue weighted by molar-refractivity contribution is -0.137. The second-order valence-corrected chi connectivity index (χ2v) is 8.68. The van der Waals surface area contributed by atoms with Gasteiger partial charge in [-0.25, -0.2) is 0 Å². The number of aliphatic carboxylic acids is 1. The summed E-state index contributed by atoms with van der Waals surface area (Å²) < 4.78 is 0. The van der Waals surface area contributed by atoms with Gasteiger partial charge in [-0.3, -0.25) is 4.79 Å². The summed E-state index contributed by atoms with van der Waals surface area (Å²) in [5.74, 6) is 0.591. The highest BCUT2D eigenvalue weighted by atomic mass is 16.4. The zero-order valence-electron chi connectivity index (χ0n) is 16.4. The molecule has 0 heterocycles. The minimum absolute atomic E-state index is 0.269. The van der Waals surface area contributed by atoms with Gasteiger partial charge in [0.15, 0.2) is 0 Å². The number of allylic oxidation sites excluding steroid dienone is 1. The molecular formula is C20H38O4. The molecule has 0 radical (unpaired) electrons. The van der Waals surface area contributed by atoms with Crippen LogP contribution in [0, 0.1) is 22.7 Å². The number of aliphatic hydroxyl groups is 2. The average Bonchev–Trinajstić information content (AvgIpc) is 3.24. The maximum absolute atomic E-state index is 10.1. The van der Waals surface area contributed by atoms with Crippen LogP contribution in [0.25, 0.3) is 0 Å². The Kier molecular flexibility index (Phi) is 9.83. The van der Waals surface area contributed by atoms with Gasteiger partial charge in [0.25, 0.3) is 0 Å². The highest BCUT2D eigenvalue weighted by Gasteiger charge is 2.46. The van der Waals surface area contributed by atoms with E-state index in [1.165, 1.54) is 12.0 Å². The van der Waals surface area contributed by atoms with Crippen LogP contribution in [0.4, 0.5) is 0 Å². The molecule has 0 aromatic rings. The van der Waals surface area contributed by atoms with Crippen molar-refractivity contribution >= 4 is 5.97 Å². The second-order valence-electron chi connectivity index (χ2n) is 8.68. The molecule has 0 saturated heterocycles. The lowest BCUT2D eigenvalue weighted by atomic mass is 10.1. The van der Waals surface area contributed by atoms with Crippen LogP contribution in [0.5, 0.6) is 0 Å². The van der Waals surface area contributed by atoms with E-state index in [0.29, 0.717) is 29.8 Å². The quantitative estimate of drug-likeness (QED) is 0.630. The molecule has 0 amide bonds. The summed E-state index contributed by atoms with van der Waals surface area (Å²) in [6, 6.07) is 0. The van der Waals surface area contributed by atoms with E-state index >= 15 is 0 Å². The van der Waals surface area contributed by atoms with E-state index in [9.17, 15) is 4.79 Å². The van der Waals surface area contributed by atoms with Crippen molar-refractivity contribution in [2.24, 2.45) is 22.7 Å². The minimum Gasteiger partial charge on any atom is -0.481 e. The van der Waals surface area contributed by atoms with E-state index in [2.05, 4.69) is 27.7 Å². The summed E-state index contributed by atoms with van der Waals surface area (Å²) in [5, 5.41) is 25.1. The summed E-state index contributed by atoms with van der Waals surface area (Å²) in [7, 11) is 0. The first-order valence-electron chi connectivity index (χ1n) is 9.03. The minimum atomic E-state index is -0.662. The number of carbonyl (C=O) groups is 1. The number of carboxylic acid groups (broad SMARTS) is 1. The smallest absolute Gasteiger partial charge is 0.303 e. The molecule has 4 heteroatoms. The Bertz CT molecular complexity index is 406. The molecule has 0 aromatic carbocycles. The molecular weight excluding hydrogens is 304 g/mol. The van der Waals surface area contributed by atoms with Crippen molar-refractivity contribution in [3.05, 3.63) is 11.6 Å². The summed E-state index contributed by atoms with van der Waals surface area (Å²) >= 11 is 0. The van der Waals surface area contributed by atoms with E-state index in [0.717, 1.165) is 25.2 Å². The standard InChI is InChI=1S/C7H12O2.C7H14O.C6H12O/c1-7(2)4-5(7)3-6(8)9;1-7(2)5-6(7)3-4-8;1-6(2)4-3-5-7/h5H,3-4H2,1-2H3,(H,8,9);6,8H,3-5H2,1-2H3;4,7H,3,5H2,1-2H3. The number of rotatable bonds is 6. The van der Waals surface area contributed by atoms with Gasteiger partial charge in [-0.1, -0.05) is 39.3 Å². The fraction of sp³-hybridized carbons (Fsp3) is 0.850. The fourth-order valence-corrected chi connectivity index (χ4v) is 2.71. The molecule has 2 unspecified atom stereocenters. The zero-order chi connectivity index (χ0) is 19.0. The summed E-state index contributed by atoms with van der Waals surface area (Å²) in [6.07, 6.45) is 6.56. The van der Waals surface area contributed by atoms with E-state index in [-0.39, 0.29) is 6.61 Å². The van der Waals surface area contributed by atoms with Crippen molar-refractivity contribution < 1.29 is 20.1 Å². The van der Waals surface area contributed by atoms with Gasteiger partial charge < -0.3 is 15.3 Å². The molecule has 0 bridgehead atoms. The van der Waals surface area contributed by atoms with Gasteiger partial charge in [0, 0.05) is 19.6 Å². The first-order chi connectivity index (χ1) is 11.0. The van der Waals surface area contributed by atoms with Crippen LogP contribution >= 0.6 is 0 Å². The van der Waals surface area contributed by atoms with E-state index in [1.54, 1.807) is 0 Å². The third-order valence-corrected chi connectivity index (χ3v) is 5.02. The van der Waals surface area contributed by atoms with Crippen molar-refractivity contribution in [1.29, 1.82) is 0 Å². The third kappa shape index (κ3) is 10.8. The largest absolute Gasteiger partial charge is 0.481 e. The molecule has 0 aromatic heterocycles. The maximum atomic E-state index is 10.1. The topological polar surface area (TPSA) is 77.8 Å². The Hall–Kier alpha value is -0.870. The normalized spacial score (nSPS) is 24.5. The molecule has 2 fully saturated rings. The summed E-state index contributed by atoms with van der Waals surface area (Å²) in [5.41, 5.74) is 2.15. The summed E-state index contributed by atoms with van der Waals surface area (Å²) in [6.45, 7) is 13.4. The third-order valence-electron chi connectivity index (χ3n) is 5.02. The zero-order valence-corrected chi connectivity index (χ0v) is 16.4. The first kappa shape index (κ1) is 23.1. The molecule has 2 rings (SSSR count). The van der Waals surface area contributed by atoms with Crippen LogP contribution in [-0.2, 0) is 4.79 Å². The molecule has 2 saturated carbocycles. The van der Waals surface area contributed by atoms with Crippen molar-refractivity contribution in [3.63, 3.8) is 0 Å². The first-order valence-corrected chi connectivity index (χ1v) is 9.03. The monoisotopic (exact) mass is 342 g/mol. The van der Waals surface area contributed by atoms with Gasteiger partial charge in [0.2, 0.25) is 0 Å². The van der Waals surface area contributed by atoms with Gasteiger partial charge in [0.1, 0.15) is 0 Å². The Labute approximate surface area is 148 Å². The molecule has 0 spiro atoms. The lowest BCUT2D eigenvalue weighted by Crippen LogP contribution is -1.99. The second kappa shape index (κ2) is 10.2. The SMILES string of the molecule is CC(C)=CCCO.CC1(C)CC1CC(=O)O.CC1(C)CC1CCO. The van der Waals surface area contributed by atoms with E-state index in [1.807, 2.05) is 19.9 Å². The van der Waals surface area contributed by atoms with Crippen LogP contribution in [0.15, 0.2) is 11.6 Å². The molecule has 0 aliphatic heterocycles. The number of hydrogen-bond acceptors (Lipinski definition) is 3. The van der Waals surface area contributed by atoms with Gasteiger partial charge >= 0.3 is 5.97 Å². The number of hydrogen-bond donors (Lipinski definition) is 3.